The number of nitrogens with zero attached hydrogens (tertiary/aromatic N) is 2. The van der Waals surface area contributed by atoms with E-state index in [0.29, 0.717) is 22.8 Å². The number of hydrogen-bond donors (Lipinski definition) is 2. The van der Waals surface area contributed by atoms with Crippen LogP contribution in [0.5, 0.6) is 11.6 Å². The minimum atomic E-state index is -1.56. The molecule has 3 heterocycles. The van der Waals surface area contributed by atoms with Gasteiger partial charge in [-0.25, -0.2) is 9.37 Å². The molecular weight excluding hydrogens is 439 g/mol. The zero-order valence-electron chi connectivity index (χ0n) is 18.7. The Balaban J connectivity index is 1.75. The van der Waals surface area contributed by atoms with Gasteiger partial charge < -0.3 is 20.5 Å². The van der Waals surface area contributed by atoms with Gasteiger partial charge >= 0.3 is 0 Å². The molecule has 0 spiro atoms. The van der Waals surface area contributed by atoms with Gasteiger partial charge in [-0.3, -0.25) is 14.6 Å². The van der Waals surface area contributed by atoms with Crippen LogP contribution >= 0.6 is 0 Å². The van der Waals surface area contributed by atoms with Crippen LogP contribution in [0.25, 0.3) is 10.8 Å². The van der Waals surface area contributed by atoms with E-state index in [2.05, 4.69) is 27.1 Å². The minimum Gasteiger partial charge on any atom is -0.496 e. The van der Waals surface area contributed by atoms with Crippen molar-refractivity contribution in [2.45, 2.75) is 25.6 Å². The first-order chi connectivity index (χ1) is 16.4. The standard InChI is InChI=1S/C25H23FN4O4/c1-3-16-20(30-24(32)22(16)26)13-34-25-18-11-21(33-2)19(23(27)31)10-17(18)15(12-29-25)5-4-14-6-8-28-9-7-14/h6-12,16,20,22H,3,13H2,1-2H3,(H2,27,31)(H,30,32)/t16-,20+,22-/m0/s1. The fraction of sp³-hybridized carbons (Fsp3) is 0.280. The third-order valence-corrected chi connectivity index (χ3v) is 5.80. The van der Waals surface area contributed by atoms with Crippen LogP contribution in [0.15, 0.2) is 42.9 Å². The maximum absolute atomic E-state index is 14.1. The number of amides is 2. The van der Waals surface area contributed by atoms with E-state index >= 15 is 0 Å². The van der Waals surface area contributed by atoms with E-state index in [1.54, 1.807) is 36.7 Å². The molecule has 0 aliphatic carbocycles. The lowest BCUT2D eigenvalue weighted by Crippen LogP contribution is -2.34. The highest BCUT2D eigenvalue weighted by molar-refractivity contribution is 6.03. The Morgan fingerprint density at radius 1 is 1.24 bits per heavy atom. The van der Waals surface area contributed by atoms with Gasteiger partial charge in [0, 0.05) is 40.8 Å². The topological polar surface area (TPSA) is 116 Å². The number of carbonyl (C=O) groups excluding carboxylic acids is 2. The van der Waals surface area contributed by atoms with E-state index < -0.39 is 29.9 Å². The molecule has 0 saturated carbocycles. The SMILES string of the molecule is CC[C@@H]1[C@H](F)C(=O)N[C@@H]1COc1ncc(C#Cc2ccncc2)c2cc(C(N)=O)c(OC)cc12. The molecule has 3 aromatic rings. The predicted molar refractivity (Wildman–Crippen MR) is 123 cm³/mol. The molecule has 3 N–H and O–H groups in total. The summed E-state index contributed by atoms with van der Waals surface area (Å²) in [6, 6.07) is 6.26. The lowest BCUT2D eigenvalue weighted by Gasteiger charge is -2.19. The first-order valence-corrected chi connectivity index (χ1v) is 10.7. The summed E-state index contributed by atoms with van der Waals surface area (Å²) in [6.07, 6.45) is 3.74. The molecule has 1 aromatic carbocycles. The Kier molecular flexibility index (Phi) is 6.59. The van der Waals surface area contributed by atoms with Crippen LogP contribution in [0.2, 0.25) is 0 Å². The van der Waals surface area contributed by atoms with E-state index in [4.69, 9.17) is 15.2 Å². The van der Waals surface area contributed by atoms with Crippen LogP contribution in [0, 0.1) is 17.8 Å². The van der Waals surface area contributed by atoms with Crippen molar-refractivity contribution in [3.63, 3.8) is 0 Å². The number of aromatic nitrogens is 2. The number of rotatable bonds is 6. The lowest BCUT2D eigenvalue weighted by atomic mass is 9.97. The van der Waals surface area contributed by atoms with Gasteiger partial charge in [-0.2, -0.15) is 0 Å². The number of fused-ring (bicyclic) bond motifs is 1. The highest BCUT2D eigenvalue weighted by atomic mass is 19.1. The van der Waals surface area contributed by atoms with Gasteiger partial charge in [0.1, 0.15) is 12.4 Å². The fourth-order valence-corrected chi connectivity index (χ4v) is 3.99. The Labute approximate surface area is 195 Å². The van der Waals surface area contributed by atoms with Gasteiger partial charge in [-0.15, -0.1) is 0 Å². The summed E-state index contributed by atoms with van der Waals surface area (Å²) < 4.78 is 25.4. The van der Waals surface area contributed by atoms with Crippen molar-refractivity contribution in [2.75, 3.05) is 13.7 Å². The molecule has 8 nitrogen and oxygen atoms in total. The van der Waals surface area contributed by atoms with Crippen molar-refractivity contribution < 1.29 is 23.5 Å². The highest BCUT2D eigenvalue weighted by Crippen LogP contribution is 2.33. The van der Waals surface area contributed by atoms with Gasteiger partial charge in [-0.05, 0) is 30.7 Å². The molecule has 1 aliphatic rings. The molecule has 2 aromatic heterocycles. The normalized spacial score (nSPS) is 19.3. The summed E-state index contributed by atoms with van der Waals surface area (Å²) in [5.41, 5.74) is 7.05. The summed E-state index contributed by atoms with van der Waals surface area (Å²) in [4.78, 5) is 32.1. The summed E-state index contributed by atoms with van der Waals surface area (Å²) in [6.45, 7) is 1.86. The van der Waals surface area contributed by atoms with Crippen molar-refractivity contribution in [3.8, 4) is 23.5 Å². The van der Waals surface area contributed by atoms with Crippen molar-refractivity contribution in [3.05, 3.63) is 59.5 Å². The number of hydrogen-bond acceptors (Lipinski definition) is 6. The Morgan fingerprint density at radius 3 is 2.68 bits per heavy atom. The molecule has 1 saturated heterocycles. The van der Waals surface area contributed by atoms with Gasteiger partial charge in [0.2, 0.25) is 5.88 Å². The monoisotopic (exact) mass is 462 g/mol. The lowest BCUT2D eigenvalue weighted by molar-refractivity contribution is -0.123. The largest absolute Gasteiger partial charge is 0.496 e. The second kappa shape index (κ2) is 9.75. The van der Waals surface area contributed by atoms with Crippen molar-refractivity contribution in [1.29, 1.82) is 0 Å². The second-order valence-corrected chi connectivity index (χ2v) is 7.83. The zero-order valence-corrected chi connectivity index (χ0v) is 18.7. The number of halogens is 1. The van der Waals surface area contributed by atoms with Gasteiger partial charge in [0.25, 0.3) is 11.8 Å². The quantitative estimate of drug-likeness (QED) is 0.544. The summed E-state index contributed by atoms with van der Waals surface area (Å²) in [5, 5.41) is 3.77. The van der Waals surface area contributed by atoms with E-state index in [9.17, 15) is 14.0 Å². The number of ether oxygens (including phenoxy) is 2. The number of nitrogens with one attached hydrogen (secondary N) is 1. The van der Waals surface area contributed by atoms with Crippen LogP contribution < -0.4 is 20.5 Å². The van der Waals surface area contributed by atoms with Crippen molar-refractivity contribution in [1.82, 2.24) is 15.3 Å². The van der Waals surface area contributed by atoms with Crippen LogP contribution in [0.3, 0.4) is 0 Å². The summed E-state index contributed by atoms with van der Waals surface area (Å²) in [5.74, 6) is 4.84. The molecule has 2 amide bonds. The maximum atomic E-state index is 14.1. The fourth-order valence-electron chi connectivity index (χ4n) is 3.99. The number of methoxy groups -OCH3 is 1. The maximum Gasteiger partial charge on any atom is 0.255 e. The van der Waals surface area contributed by atoms with E-state index in [1.165, 1.54) is 13.3 Å². The molecule has 0 unspecified atom stereocenters. The first kappa shape index (κ1) is 23.0. The van der Waals surface area contributed by atoms with Crippen LogP contribution in [0.4, 0.5) is 4.39 Å². The Hall–Kier alpha value is -4.19. The predicted octanol–water partition coefficient (Wildman–Crippen LogP) is 2.38. The number of carbonyl (C=O) groups is 2. The average molecular weight is 462 g/mol. The second-order valence-electron chi connectivity index (χ2n) is 7.83. The van der Waals surface area contributed by atoms with Crippen LogP contribution in [-0.4, -0.2) is 47.7 Å². The molecule has 174 valence electrons. The molecule has 34 heavy (non-hydrogen) atoms. The first-order valence-electron chi connectivity index (χ1n) is 10.7. The molecule has 0 bridgehead atoms. The number of benzene rings is 1. The van der Waals surface area contributed by atoms with E-state index in [0.717, 1.165) is 5.56 Å². The number of pyridine rings is 2. The molecule has 1 fully saturated rings. The Bertz CT molecular complexity index is 1300. The van der Waals surface area contributed by atoms with Gasteiger partial charge in [0.05, 0.1) is 24.3 Å². The van der Waals surface area contributed by atoms with Crippen LogP contribution in [-0.2, 0) is 4.79 Å². The molecule has 1 aliphatic heterocycles. The van der Waals surface area contributed by atoms with Crippen LogP contribution in [0.1, 0.15) is 34.8 Å². The highest BCUT2D eigenvalue weighted by Gasteiger charge is 2.41. The number of alkyl halides is 1. The van der Waals surface area contributed by atoms with Gasteiger partial charge in [-0.1, -0.05) is 18.8 Å². The molecule has 0 radical (unpaired) electrons. The molecule has 4 rings (SSSR count). The smallest absolute Gasteiger partial charge is 0.255 e. The zero-order chi connectivity index (χ0) is 24.2. The van der Waals surface area contributed by atoms with E-state index in [1.807, 2.05) is 6.92 Å². The number of nitrogens with two attached hydrogens (primary N) is 1. The Morgan fingerprint density at radius 2 is 2.00 bits per heavy atom. The van der Waals surface area contributed by atoms with Crippen molar-refractivity contribution in [2.24, 2.45) is 11.7 Å². The molecule has 9 heteroatoms. The minimum absolute atomic E-state index is 0.0364. The molecule has 3 atom stereocenters. The summed E-state index contributed by atoms with van der Waals surface area (Å²) >= 11 is 0. The number of primary amides is 1. The average Bonchev–Trinajstić information content (AvgIpc) is 3.13. The third kappa shape index (κ3) is 4.48. The molecular formula is C25H23FN4O4. The van der Waals surface area contributed by atoms with E-state index in [-0.39, 0.29) is 23.8 Å². The summed E-state index contributed by atoms with van der Waals surface area (Å²) in [7, 11) is 1.43. The van der Waals surface area contributed by atoms with Crippen molar-refractivity contribution >= 4 is 22.6 Å². The third-order valence-electron chi connectivity index (χ3n) is 5.80. The van der Waals surface area contributed by atoms with Gasteiger partial charge in [0.15, 0.2) is 6.17 Å².